The Labute approximate surface area is 179 Å². The zero-order chi connectivity index (χ0) is 21.6. The number of carbonyl (C=O) groups is 2. The summed E-state index contributed by atoms with van der Waals surface area (Å²) in [4.78, 5) is 28.8. The fourth-order valence-electron chi connectivity index (χ4n) is 4.00. The van der Waals surface area contributed by atoms with Crippen LogP contribution < -0.4 is 4.72 Å². The first-order chi connectivity index (χ1) is 14.4. The maximum Gasteiger partial charge on any atom is 0.246 e. The van der Waals surface area contributed by atoms with E-state index in [0.29, 0.717) is 32.0 Å². The second-order valence-corrected chi connectivity index (χ2v) is 9.73. The zero-order valence-electron chi connectivity index (χ0n) is 17.5. The summed E-state index contributed by atoms with van der Waals surface area (Å²) in [5.41, 5.74) is 0.768. The number of nitrogens with one attached hydrogen (secondary N) is 1. The molecule has 8 heteroatoms. The summed E-state index contributed by atoms with van der Waals surface area (Å²) in [6, 6.07) is 6.43. The number of amides is 2. The number of sulfonamides is 1. The lowest BCUT2D eigenvalue weighted by Crippen LogP contribution is -2.39. The molecule has 0 radical (unpaired) electrons. The van der Waals surface area contributed by atoms with Gasteiger partial charge in [0.15, 0.2) is 0 Å². The van der Waals surface area contributed by atoms with Crippen LogP contribution >= 0.6 is 0 Å². The molecule has 1 N–H and O–H groups in total. The van der Waals surface area contributed by atoms with Gasteiger partial charge in [-0.1, -0.05) is 19.1 Å². The first-order valence-electron chi connectivity index (χ1n) is 10.7. The molecule has 0 saturated carbocycles. The van der Waals surface area contributed by atoms with Crippen LogP contribution in [0.5, 0.6) is 0 Å². The SMILES string of the molecule is CCNS(=O)(=O)c1ccc(/C=C/C(=O)N2CCC(CC(=O)N3CCCC3)CC2)cc1. The molecule has 2 aliphatic heterocycles. The Morgan fingerprint density at radius 1 is 1.03 bits per heavy atom. The van der Waals surface area contributed by atoms with Gasteiger partial charge in [0.25, 0.3) is 0 Å². The van der Waals surface area contributed by atoms with E-state index in [2.05, 4.69) is 4.72 Å². The van der Waals surface area contributed by atoms with Gasteiger partial charge in [-0.25, -0.2) is 13.1 Å². The first kappa shape index (κ1) is 22.5. The van der Waals surface area contributed by atoms with Crippen molar-refractivity contribution in [1.29, 1.82) is 0 Å². The molecule has 2 saturated heterocycles. The van der Waals surface area contributed by atoms with E-state index in [-0.39, 0.29) is 16.7 Å². The van der Waals surface area contributed by atoms with Crippen LogP contribution in [0.25, 0.3) is 6.08 Å². The van der Waals surface area contributed by atoms with Crippen LogP contribution in [0.3, 0.4) is 0 Å². The molecule has 2 fully saturated rings. The third-order valence-corrected chi connectivity index (χ3v) is 7.35. The highest BCUT2D eigenvalue weighted by atomic mass is 32.2. The summed E-state index contributed by atoms with van der Waals surface area (Å²) in [6.45, 7) is 5.18. The summed E-state index contributed by atoms with van der Waals surface area (Å²) in [5, 5.41) is 0. The number of nitrogens with zero attached hydrogens (tertiary/aromatic N) is 2. The molecule has 164 valence electrons. The Morgan fingerprint density at radius 2 is 1.67 bits per heavy atom. The molecule has 2 amide bonds. The minimum atomic E-state index is -3.47. The number of hydrogen-bond donors (Lipinski definition) is 1. The van der Waals surface area contributed by atoms with Crippen molar-refractivity contribution in [3.63, 3.8) is 0 Å². The van der Waals surface area contributed by atoms with Gasteiger partial charge in [-0.2, -0.15) is 0 Å². The molecular formula is C22H31N3O4S. The standard InChI is InChI=1S/C22H31N3O4S/c1-2-23-30(28,29)20-8-5-18(6-9-20)7-10-21(26)25-15-11-19(12-16-25)17-22(27)24-13-3-4-14-24/h5-10,19,23H,2-4,11-17H2,1H3/b10-7+. The molecule has 1 aromatic rings. The lowest BCUT2D eigenvalue weighted by molar-refractivity contribution is -0.131. The van der Waals surface area contributed by atoms with Gasteiger partial charge >= 0.3 is 0 Å². The van der Waals surface area contributed by atoms with Gasteiger partial charge in [-0.05, 0) is 55.4 Å². The Kier molecular flexibility index (Phi) is 7.66. The summed E-state index contributed by atoms with van der Waals surface area (Å²) >= 11 is 0. The van der Waals surface area contributed by atoms with E-state index in [1.807, 2.05) is 9.80 Å². The second kappa shape index (κ2) is 10.2. The fraction of sp³-hybridized carbons (Fsp3) is 0.545. The van der Waals surface area contributed by atoms with Gasteiger partial charge in [-0.3, -0.25) is 9.59 Å². The molecule has 2 heterocycles. The van der Waals surface area contributed by atoms with Gasteiger partial charge in [0.2, 0.25) is 21.8 Å². The Balaban J connectivity index is 1.47. The van der Waals surface area contributed by atoms with Crippen molar-refractivity contribution in [3.05, 3.63) is 35.9 Å². The molecule has 3 rings (SSSR count). The maximum atomic E-state index is 12.5. The van der Waals surface area contributed by atoms with Gasteiger partial charge in [0, 0.05) is 45.2 Å². The number of rotatable bonds is 7. The highest BCUT2D eigenvalue weighted by Crippen LogP contribution is 2.23. The van der Waals surface area contributed by atoms with E-state index in [1.54, 1.807) is 25.1 Å². The first-order valence-corrected chi connectivity index (χ1v) is 12.2. The Morgan fingerprint density at radius 3 is 2.27 bits per heavy atom. The van der Waals surface area contributed by atoms with Crippen LogP contribution in [0, 0.1) is 5.92 Å². The lowest BCUT2D eigenvalue weighted by atomic mass is 9.93. The van der Waals surface area contributed by atoms with E-state index in [0.717, 1.165) is 44.3 Å². The number of piperidine rings is 1. The quantitative estimate of drug-likeness (QED) is 0.668. The molecule has 2 aliphatic rings. The van der Waals surface area contributed by atoms with Crippen molar-refractivity contribution in [3.8, 4) is 0 Å². The molecular weight excluding hydrogens is 402 g/mol. The average molecular weight is 434 g/mol. The highest BCUT2D eigenvalue weighted by Gasteiger charge is 2.26. The minimum Gasteiger partial charge on any atom is -0.343 e. The van der Waals surface area contributed by atoms with Crippen molar-refractivity contribution in [2.45, 2.75) is 43.9 Å². The van der Waals surface area contributed by atoms with Gasteiger partial charge in [-0.15, -0.1) is 0 Å². The van der Waals surface area contributed by atoms with Crippen LogP contribution in [-0.4, -0.2) is 62.8 Å². The molecule has 0 spiro atoms. The van der Waals surface area contributed by atoms with Crippen molar-refractivity contribution >= 4 is 27.9 Å². The Hall–Kier alpha value is -2.19. The monoisotopic (exact) mass is 433 g/mol. The third-order valence-electron chi connectivity index (χ3n) is 5.79. The summed E-state index contributed by atoms with van der Waals surface area (Å²) in [5.74, 6) is 0.567. The number of hydrogen-bond acceptors (Lipinski definition) is 4. The highest BCUT2D eigenvalue weighted by molar-refractivity contribution is 7.89. The van der Waals surface area contributed by atoms with Crippen molar-refractivity contribution in [1.82, 2.24) is 14.5 Å². The topological polar surface area (TPSA) is 86.8 Å². The van der Waals surface area contributed by atoms with Gasteiger partial charge in [0.05, 0.1) is 4.90 Å². The van der Waals surface area contributed by atoms with E-state index >= 15 is 0 Å². The molecule has 0 aliphatic carbocycles. The molecule has 0 unspecified atom stereocenters. The number of carbonyl (C=O) groups excluding carboxylic acids is 2. The van der Waals surface area contributed by atoms with Gasteiger partial charge < -0.3 is 9.80 Å². The predicted molar refractivity (Wildman–Crippen MR) is 116 cm³/mol. The van der Waals surface area contributed by atoms with E-state index in [9.17, 15) is 18.0 Å². The van der Waals surface area contributed by atoms with Crippen molar-refractivity contribution in [2.24, 2.45) is 5.92 Å². The third kappa shape index (κ3) is 5.92. The number of benzene rings is 1. The summed E-state index contributed by atoms with van der Waals surface area (Å²) < 4.78 is 26.4. The van der Waals surface area contributed by atoms with E-state index in [1.165, 1.54) is 18.2 Å². The predicted octanol–water partition coefficient (Wildman–Crippen LogP) is 2.25. The molecule has 0 bridgehead atoms. The van der Waals surface area contributed by atoms with Crippen molar-refractivity contribution in [2.75, 3.05) is 32.7 Å². The molecule has 7 nitrogen and oxygen atoms in total. The normalized spacial score (nSPS) is 18.3. The fourth-order valence-corrected chi connectivity index (χ4v) is 5.05. The minimum absolute atomic E-state index is 0.0522. The Bertz CT molecular complexity index is 866. The van der Waals surface area contributed by atoms with E-state index in [4.69, 9.17) is 0 Å². The molecule has 1 aromatic carbocycles. The number of likely N-dealkylation sites (tertiary alicyclic amines) is 2. The lowest BCUT2D eigenvalue weighted by Gasteiger charge is -2.31. The van der Waals surface area contributed by atoms with Crippen molar-refractivity contribution < 1.29 is 18.0 Å². The van der Waals surface area contributed by atoms with Crippen LogP contribution in [-0.2, 0) is 19.6 Å². The summed E-state index contributed by atoms with van der Waals surface area (Å²) in [7, 11) is -3.47. The second-order valence-electron chi connectivity index (χ2n) is 7.96. The molecule has 30 heavy (non-hydrogen) atoms. The molecule has 0 aromatic heterocycles. The van der Waals surface area contributed by atoms with E-state index < -0.39 is 10.0 Å². The summed E-state index contributed by atoms with van der Waals surface area (Å²) in [6.07, 6.45) is 7.77. The van der Waals surface area contributed by atoms with Crippen LogP contribution in [0.15, 0.2) is 35.2 Å². The van der Waals surface area contributed by atoms with Crippen LogP contribution in [0.1, 0.15) is 44.6 Å². The smallest absolute Gasteiger partial charge is 0.246 e. The van der Waals surface area contributed by atoms with Crippen LogP contribution in [0.2, 0.25) is 0 Å². The zero-order valence-corrected chi connectivity index (χ0v) is 18.4. The van der Waals surface area contributed by atoms with Crippen LogP contribution in [0.4, 0.5) is 0 Å². The molecule has 0 atom stereocenters. The maximum absolute atomic E-state index is 12.5. The average Bonchev–Trinajstić information content (AvgIpc) is 3.28. The van der Waals surface area contributed by atoms with Gasteiger partial charge in [0.1, 0.15) is 0 Å². The largest absolute Gasteiger partial charge is 0.343 e.